The molecule has 2 fully saturated rings. The molecule has 4 nitrogen and oxygen atoms in total. The van der Waals surface area contributed by atoms with Gasteiger partial charge in [0.15, 0.2) is 15.1 Å². The first-order chi connectivity index (χ1) is 20.7. The maximum Gasteiger partial charge on any atom is 0.406 e. The highest BCUT2D eigenvalue weighted by Crippen LogP contribution is 2.52. The van der Waals surface area contributed by atoms with Gasteiger partial charge in [-0.15, -0.1) is 0 Å². The fourth-order valence-corrected chi connectivity index (χ4v) is 8.14. The third-order valence-corrected chi connectivity index (χ3v) is 11.4. The van der Waals surface area contributed by atoms with Gasteiger partial charge in [0, 0.05) is 42.3 Å². The average Bonchev–Trinajstić information content (AvgIpc) is 3.46. The Labute approximate surface area is 256 Å². The highest BCUT2D eigenvalue weighted by atomic mass is 32.2. The number of halogens is 6. The van der Waals surface area contributed by atoms with Gasteiger partial charge in [-0.2, -0.15) is 26.3 Å². The summed E-state index contributed by atoms with van der Waals surface area (Å²) in [6, 6.07) is 16.4. The minimum atomic E-state index is -5.59. The lowest BCUT2D eigenvalue weighted by molar-refractivity contribution is -0.297. The van der Waals surface area contributed by atoms with Crippen molar-refractivity contribution in [3.63, 3.8) is 0 Å². The van der Waals surface area contributed by atoms with Gasteiger partial charge < -0.3 is 9.45 Å². The second kappa shape index (κ2) is 12.0. The molecule has 11 heteroatoms. The van der Waals surface area contributed by atoms with E-state index in [1.807, 2.05) is 12.1 Å². The topological polar surface area (TPSA) is 56.3 Å². The van der Waals surface area contributed by atoms with Crippen LogP contribution in [0, 0.1) is 11.8 Å². The van der Waals surface area contributed by atoms with Crippen LogP contribution in [0.3, 0.4) is 0 Å². The first-order valence-corrected chi connectivity index (χ1v) is 15.8. The Morgan fingerprint density at radius 3 is 2.18 bits per heavy atom. The summed E-state index contributed by atoms with van der Waals surface area (Å²) < 4.78 is 96.2. The second-order valence-electron chi connectivity index (χ2n) is 12.2. The van der Waals surface area contributed by atoms with E-state index >= 15 is 0 Å². The van der Waals surface area contributed by atoms with Crippen LogP contribution in [0.1, 0.15) is 57.1 Å². The largest absolute Gasteiger partial charge is 0.611 e. The zero-order chi connectivity index (χ0) is 31.9. The lowest BCUT2D eigenvalue weighted by Gasteiger charge is -2.36. The SMILES string of the molecule is CC(c1ccc(C2([S+]([O-])c3cccc(-c4ccccn4)c3)CCN(C(=O)[C@H]3CC[C@H](C)CC3)C2)cc1)(C(F)(F)F)C(F)(F)F. The van der Waals surface area contributed by atoms with Crippen LogP contribution in [-0.2, 0) is 26.1 Å². The second-order valence-corrected chi connectivity index (χ2v) is 14.0. The Hall–Kier alpha value is -3.05. The van der Waals surface area contributed by atoms with E-state index in [0.29, 0.717) is 27.6 Å². The molecule has 1 saturated carbocycles. The molecular formula is C33H34F6N2O2S. The Morgan fingerprint density at radius 1 is 0.932 bits per heavy atom. The van der Waals surface area contributed by atoms with Crippen molar-refractivity contribution in [2.24, 2.45) is 11.8 Å². The third-order valence-electron chi connectivity index (χ3n) is 9.39. The maximum absolute atomic E-state index is 14.5. The monoisotopic (exact) mass is 636 g/mol. The van der Waals surface area contributed by atoms with Crippen LogP contribution < -0.4 is 0 Å². The fraction of sp³-hybridized carbons (Fsp3) is 0.455. The quantitative estimate of drug-likeness (QED) is 0.203. The number of carbonyl (C=O) groups is 1. The summed E-state index contributed by atoms with van der Waals surface area (Å²) >= 11 is -1.83. The molecular weight excluding hydrogens is 602 g/mol. The van der Waals surface area contributed by atoms with Gasteiger partial charge in [0.1, 0.15) is 0 Å². The van der Waals surface area contributed by atoms with Crippen molar-refractivity contribution >= 4 is 17.1 Å². The van der Waals surface area contributed by atoms with Crippen LogP contribution in [0.15, 0.2) is 77.8 Å². The molecule has 0 radical (unpaired) electrons. The van der Waals surface area contributed by atoms with E-state index in [9.17, 15) is 35.7 Å². The van der Waals surface area contributed by atoms with E-state index < -0.39 is 39.3 Å². The van der Waals surface area contributed by atoms with Crippen LogP contribution in [0.25, 0.3) is 11.3 Å². The normalized spacial score (nSPS) is 23.9. The molecule has 5 rings (SSSR count). The van der Waals surface area contributed by atoms with Gasteiger partial charge in [0.25, 0.3) is 0 Å². The summed E-state index contributed by atoms with van der Waals surface area (Å²) in [6.07, 6.45) is -5.95. The molecule has 0 bridgehead atoms. The zero-order valence-electron chi connectivity index (χ0n) is 24.4. The number of benzene rings is 2. The van der Waals surface area contributed by atoms with Gasteiger partial charge in [-0.25, -0.2) is 0 Å². The number of nitrogens with zero attached hydrogens (tertiary/aromatic N) is 2. The molecule has 3 aromatic rings. The van der Waals surface area contributed by atoms with Crippen LogP contribution in [0.5, 0.6) is 0 Å². The van der Waals surface area contributed by atoms with Gasteiger partial charge in [-0.1, -0.05) is 49.4 Å². The minimum Gasteiger partial charge on any atom is -0.611 e. The van der Waals surface area contributed by atoms with E-state index in [2.05, 4.69) is 11.9 Å². The molecule has 1 aliphatic heterocycles. The highest BCUT2D eigenvalue weighted by molar-refractivity contribution is 7.92. The number of hydrogen-bond donors (Lipinski definition) is 0. The molecule has 1 saturated heterocycles. The molecule has 1 amide bonds. The number of amides is 1. The number of pyridine rings is 1. The Morgan fingerprint density at radius 2 is 1.59 bits per heavy atom. The molecule has 236 valence electrons. The first-order valence-electron chi connectivity index (χ1n) is 14.6. The van der Waals surface area contributed by atoms with Crippen molar-refractivity contribution in [2.45, 2.75) is 73.4 Å². The van der Waals surface area contributed by atoms with Crippen molar-refractivity contribution in [3.05, 3.63) is 84.1 Å². The lowest BCUT2D eigenvalue weighted by Crippen LogP contribution is -2.51. The maximum atomic E-state index is 14.5. The van der Waals surface area contributed by atoms with Gasteiger partial charge in [0.05, 0.1) is 12.2 Å². The number of aromatic nitrogens is 1. The van der Waals surface area contributed by atoms with Crippen LogP contribution in [0.4, 0.5) is 26.3 Å². The first kappa shape index (κ1) is 32.3. The van der Waals surface area contributed by atoms with Crippen molar-refractivity contribution < 1.29 is 35.7 Å². The van der Waals surface area contributed by atoms with E-state index in [1.54, 1.807) is 41.4 Å². The number of rotatable bonds is 6. The number of alkyl halides is 6. The van der Waals surface area contributed by atoms with Crippen molar-refractivity contribution in [1.29, 1.82) is 0 Å². The molecule has 2 aliphatic rings. The lowest BCUT2D eigenvalue weighted by atomic mass is 9.80. The highest BCUT2D eigenvalue weighted by Gasteiger charge is 2.68. The third kappa shape index (κ3) is 5.85. The van der Waals surface area contributed by atoms with Crippen LogP contribution >= 0.6 is 0 Å². The van der Waals surface area contributed by atoms with E-state index in [0.717, 1.165) is 37.8 Å². The van der Waals surface area contributed by atoms with Crippen LogP contribution in [0.2, 0.25) is 0 Å². The number of carbonyl (C=O) groups excluding carboxylic acids is 1. The average molecular weight is 637 g/mol. The molecule has 2 unspecified atom stereocenters. The van der Waals surface area contributed by atoms with Crippen molar-refractivity contribution in [2.75, 3.05) is 13.1 Å². The minimum absolute atomic E-state index is 0.0352. The number of likely N-dealkylation sites (tertiary alicyclic amines) is 1. The molecule has 1 aromatic heterocycles. The molecule has 1 aliphatic carbocycles. The van der Waals surface area contributed by atoms with Gasteiger partial charge in [-0.3, -0.25) is 9.78 Å². The zero-order valence-corrected chi connectivity index (χ0v) is 25.2. The van der Waals surface area contributed by atoms with Crippen molar-refractivity contribution in [3.8, 4) is 11.3 Å². The number of hydrogen-bond acceptors (Lipinski definition) is 3. The summed E-state index contributed by atoms with van der Waals surface area (Å²) in [6.45, 7) is 2.59. The summed E-state index contributed by atoms with van der Waals surface area (Å²) in [4.78, 5) is 20.0. The van der Waals surface area contributed by atoms with Gasteiger partial charge in [-0.05, 0) is 73.5 Å². The molecule has 2 atom stereocenters. The molecule has 2 aromatic carbocycles. The van der Waals surface area contributed by atoms with Crippen LogP contribution in [-0.4, -0.2) is 45.8 Å². The van der Waals surface area contributed by atoms with Crippen molar-refractivity contribution in [1.82, 2.24) is 9.88 Å². The summed E-state index contributed by atoms with van der Waals surface area (Å²) in [7, 11) is 0. The molecule has 0 N–H and O–H groups in total. The van der Waals surface area contributed by atoms with Gasteiger partial charge >= 0.3 is 12.4 Å². The van der Waals surface area contributed by atoms with Gasteiger partial charge in [0.2, 0.25) is 5.91 Å². The fourth-order valence-electron chi connectivity index (χ4n) is 6.35. The molecule has 0 spiro atoms. The predicted molar refractivity (Wildman–Crippen MR) is 156 cm³/mol. The summed E-state index contributed by atoms with van der Waals surface area (Å²) in [5, 5.41) is 0. The Kier molecular flexibility index (Phi) is 8.85. The Bertz CT molecular complexity index is 1440. The van der Waals surface area contributed by atoms with E-state index in [-0.39, 0.29) is 38.3 Å². The van der Waals surface area contributed by atoms with E-state index in [1.165, 1.54) is 12.1 Å². The molecule has 44 heavy (non-hydrogen) atoms. The standard InChI is InChI=1S/C33H34F6N2O2S/c1-22-9-11-23(12-10-22)29(42)41-19-17-31(21-41,44(43)27-7-5-6-24(20-27)28-8-3-4-18-40-28)26-15-13-25(14-16-26)30(2,32(34,35)36)33(37,38)39/h3-8,13-16,18,20,22-23H,9-12,17,19,21H2,1-2H3/t22-,23-,31?,44?. The molecule has 2 heterocycles. The predicted octanol–water partition coefficient (Wildman–Crippen LogP) is 8.19. The smallest absolute Gasteiger partial charge is 0.406 e. The summed E-state index contributed by atoms with van der Waals surface area (Å²) in [5.74, 6) is 0.328. The van der Waals surface area contributed by atoms with E-state index in [4.69, 9.17) is 0 Å². The Balaban J connectivity index is 1.54. The summed E-state index contributed by atoms with van der Waals surface area (Å²) in [5.41, 5.74) is -3.37.